The van der Waals surface area contributed by atoms with E-state index < -0.39 is 0 Å². The fourth-order valence-corrected chi connectivity index (χ4v) is 1.72. The van der Waals surface area contributed by atoms with Crippen molar-refractivity contribution in [1.29, 1.82) is 0 Å². The SMILES string of the molecule is C/C=C\C(=O)N(C=O)CCCOc1cccnc1SF. The van der Waals surface area contributed by atoms with E-state index in [1.54, 1.807) is 25.1 Å². The molecule has 2 amide bonds. The standard InChI is InChI=1S/C13H15FN2O3S/c1-2-5-12(18)16(10-17)8-4-9-19-11-6-3-7-15-13(11)20-14/h2-3,5-7,10H,4,8-9H2,1H3/b5-2-. The summed E-state index contributed by atoms with van der Waals surface area (Å²) < 4.78 is 17.9. The summed E-state index contributed by atoms with van der Waals surface area (Å²) in [7, 11) is 0. The van der Waals surface area contributed by atoms with E-state index in [2.05, 4.69) is 4.98 Å². The number of carbonyl (C=O) groups is 2. The summed E-state index contributed by atoms with van der Waals surface area (Å²) >= 11 is 0.00981. The molecule has 0 atom stereocenters. The Labute approximate surface area is 121 Å². The number of hydrogen-bond donors (Lipinski definition) is 0. The predicted molar refractivity (Wildman–Crippen MR) is 73.9 cm³/mol. The van der Waals surface area contributed by atoms with Crippen LogP contribution in [0.5, 0.6) is 5.75 Å². The Morgan fingerprint density at radius 1 is 1.60 bits per heavy atom. The molecule has 0 N–H and O–H groups in total. The molecule has 0 radical (unpaired) electrons. The van der Waals surface area contributed by atoms with E-state index in [-0.39, 0.29) is 36.2 Å². The van der Waals surface area contributed by atoms with Crippen molar-refractivity contribution in [2.45, 2.75) is 18.4 Å². The average molecular weight is 298 g/mol. The van der Waals surface area contributed by atoms with Crippen LogP contribution in [0, 0.1) is 0 Å². The highest BCUT2D eigenvalue weighted by Crippen LogP contribution is 2.26. The monoisotopic (exact) mass is 298 g/mol. The molecule has 0 bridgehead atoms. The van der Waals surface area contributed by atoms with Crippen LogP contribution in [0.1, 0.15) is 13.3 Å². The number of rotatable bonds is 8. The van der Waals surface area contributed by atoms with Gasteiger partial charge >= 0.3 is 0 Å². The van der Waals surface area contributed by atoms with Crippen molar-refractivity contribution in [3.8, 4) is 5.75 Å². The molecular weight excluding hydrogens is 283 g/mol. The van der Waals surface area contributed by atoms with E-state index in [0.717, 1.165) is 4.90 Å². The number of allylic oxidation sites excluding steroid dienone is 1. The molecule has 20 heavy (non-hydrogen) atoms. The van der Waals surface area contributed by atoms with Crippen LogP contribution < -0.4 is 4.74 Å². The van der Waals surface area contributed by atoms with Gasteiger partial charge in [0, 0.05) is 12.7 Å². The van der Waals surface area contributed by atoms with Crippen molar-refractivity contribution >= 4 is 24.5 Å². The normalized spacial score (nSPS) is 10.5. The molecule has 0 fully saturated rings. The lowest BCUT2D eigenvalue weighted by Gasteiger charge is -2.13. The van der Waals surface area contributed by atoms with Gasteiger partial charge in [-0.1, -0.05) is 6.08 Å². The highest BCUT2D eigenvalue weighted by atomic mass is 32.2. The number of imide groups is 1. The summed E-state index contributed by atoms with van der Waals surface area (Å²) in [5.41, 5.74) is 0. The lowest BCUT2D eigenvalue weighted by molar-refractivity contribution is -0.134. The molecule has 0 aliphatic rings. The van der Waals surface area contributed by atoms with E-state index in [1.165, 1.54) is 12.3 Å². The van der Waals surface area contributed by atoms with Gasteiger partial charge in [0.2, 0.25) is 6.41 Å². The van der Waals surface area contributed by atoms with E-state index in [1.807, 2.05) is 0 Å². The minimum atomic E-state index is -0.371. The maximum absolute atomic E-state index is 12.5. The highest BCUT2D eigenvalue weighted by Gasteiger charge is 2.09. The van der Waals surface area contributed by atoms with Gasteiger partial charge in [0.15, 0.2) is 10.8 Å². The Morgan fingerprint density at radius 3 is 3.05 bits per heavy atom. The molecule has 0 saturated heterocycles. The first-order valence-corrected chi connectivity index (χ1v) is 6.69. The average Bonchev–Trinajstić information content (AvgIpc) is 2.48. The van der Waals surface area contributed by atoms with Crippen LogP contribution in [0.15, 0.2) is 35.5 Å². The minimum absolute atomic E-state index is 0.00981. The zero-order chi connectivity index (χ0) is 14.8. The largest absolute Gasteiger partial charge is 0.491 e. The van der Waals surface area contributed by atoms with Crippen molar-refractivity contribution < 1.29 is 18.2 Å². The molecule has 0 aliphatic heterocycles. The van der Waals surface area contributed by atoms with Crippen molar-refractivity contribution in [2.75, 3.05) is 13.2 Å². The molecule has 0 saturated carbocycles. The number of aromatic nitrogens is 1. The molecular formula is C13H15FN2O3S. The van der Waals surface area contributed by atoms with Gasteiger partial charge in [0.25, 0.3) is 5.91 Å². The predicted octanol–water partition coefficient (Wildman–Crippen LogP) is 2.39. The summed E-state index contributed by atoms with van der Waals surface area (Å²) in [6.07, 6.45) is 5.28. The van der Waals surface area contributed by atoms with Gasteiger partial charge in [-0.15, -0.1) is 0 Å². The molecule has 0 aromatic carbocycles. The van der Waals surface area contributed by atoms with E-state index in [0.29, 0.717) is 18.6 Å². The number of amides is 2. The second-order valence-electron chi connectivity index (χ2n) is 3.72. The number of hydrogen-bond acceptors (Lipinski definition) is 5. The zero-order valence-electron chi connectivity index (χ0n) is 11.0. The third kappa shape index (κ3) is 5.00. The Hall–Kier alpha value is -1.89. The molecule has 1 aromatic rings. The Bertz CT molecular complexity index is 482. The van der Waals surface area contributed by atoms with Crippen LogP contribution in [0.25, 0.3) is 0 Å². The molecule has 5 nitrogen and oxygen atoms in total. The molecule has 0 unspecified atom stereocenters. The van der Waals surface area contributed by atoms with Crippen LogP contribution in [0.2, 0.25) is 0 Å². The zero-order valence-corrected chi connectivity index (χ0v) is 11.8. The van der Waals surface area contributed by atoms with Crippen LogP contribution in [0.4, 0.5) is 3.89 Å². The van der Waals surface area contributed by atoms with Crippen molar-refractivity contribution in [3.05, 3.63) is 30.5 Å². The second kappa shape index (κ2) is 9.08. The topological polar surface area (TPSA) is 59.5 Å². The van der Waals surface area contributed by atoms with Gasteiger partial charge in [0.05, 0.1) is 6.61 Å². The number of carbonyl (C=O) groups excluding carboxylic acids is 2. The van der Waals surface area contributed by atoms with Crippen molar-refractivity contribution in [3.63, 3.8) is 0 Å². The van der Waals surface area contributed by atoms with E-state index in [9.17, 15) is 13.5 Å². The third-order valence-electron chi connectivity index (χ3n) is 2.33. The number of pyridine rings is 1. The Balaban J connectivity index is 2.40. The Morgan fingerprint density at radius 2 is 2.40 bits per heavy atom. The molecule has 1 heterocycles. The molecule has 108 valence electrons. The summed E-state index contributed by atoms with van der Waals surface area (Å²) in [5, 5.41) is 0.157. The maximum Gasteiger partial charge on any atom is 0.252 e. The summed E-state index contributed by atoms with van der Waals surface area (Å²) in [6, 6.07) is 3.25. The van der Waals surface area contributed by atoms with Crippen molar-refractivity contribution in [1.82, 2.24) is 9.88 Å². The molecule has 1 rings (SSSR count). The van der Waals surface area contributed by atoms with Gasteiger partial charge < -0.3 is 4.74 Å². The van der Waals surface area contributed by atoms with Crippen LogP contribution in [-0.2, 0) is 9.59 Å². The summed E-state index contributed by atoms with van der Waals surface area (Å²) in [6.45, 7) is 2.19. The van der Waals surface area contributed by atoms with Gasteiger partial charge in [-0.2, -0.15) is 3.89 Å². The van der Waals surface area contributed by atoms with E-state index >= 15 is 0 Å². The molecule has 7 heteroatoms. The van der Waals surface area contributed by atoms with Crippen LogP contribution >= 0.6 is 12.1 Å². The highest BCUT2D eigenvalue weighted by molar-refractivity contribution is 7.94. The van der Waals surface area contributed by atoms with E-state index in [4.69, 9.17) is 4.74 Å². The fourth-order valence-electron chi connectivity index (χ4n) is 1.41. The fraction of sp³-hybridized carbons (Fsp3) is 0.308. The molecule has 0 aliphatic carbocycles. The number of halogens is 1. The van der Waals surface area contributed by atoms with Crippen LogP contribution in [-0.4, -0.2) is 35.4 Å². The second-order valence-corrected chi connectivity index (χ2v) is 4.26. The number of ether oxygens (including phenoxy) is 1. The van der Waals surface area contributed by atoms with Crippen LogP contribution in [0.3, 0.4) is 0 Å². The van der Waals surface area contributed by atoms with Gasteiger partial charge in [-0.3, -0.25) is 14.5 Å². The summed E-state index contributed by atoms with van der Waals surface area (Å²) in [5.74, 6) is -0.0266. The molecule has 0 spiro atoms. The maximum atomic E-state index is 12.5. The lowest BCUT2D eigenvalue weighted by atomic mass is 10.4. The molecule has 1 aromatic heterocycles. The first-order chi connectivity index (χ1) is 9.72. The lowest BCUT2D eigenvalue weighted by Crippen LogP contribution is -2.29. The Kier molecular flexibility index (Phi) is 7.34. The van der Waals surface area contributed by atoms with Gasteiger partial charge in [-0.25, -0.2) is 4.98 Å². The van der Waals surface area contributed by atoms with Gasteiger partial charge in [0.1, 0.15) is 12.1 Å². The first-order valence-electron chi connectivity index (χ1n) is 5.98. The quantitative estimate of drug-likeness (QED) is 0.419. The third-order valence-corrected chi connectivity index (χ3v) is 2.78. The van der Waals surface area contributed by atoms with Gasteiger partial charge in [-0.05, 0) is 31.6 Å². The first kappa shape index (κ1) is 16.2. The smallest absolute Gasteiger partial charge is 0.252 e. The summed E-state index contributed by atoms with van der Waals surface area (Å²) in [4.78, 5) is 27.1. The van der Waals surface area contributed by atoms with Crippen molar-refractivity contribution in [2.24, 2.45) is 0 Å². The minimum Gasteiger partial charge on any atom is -0.491 e. The number of nitrogens with zero attached hydrogens (tertiary/aromatic N) is 2.